The van der Waals surface area contributed by atoms with Crippen molar-refractivity contribution in [2.75, 3.05) is 4.72 Å². The highest BCUT2D eigenvalue weighted by Crippen LogP contribution is 2.25. The van der Waals surface area contributed by atoms with E-state index in [0.29, 0.717) is 5.76 Å². The largest absolute Gasteiger partial charge is 0.507 e. The van der Waals surface area contributed by atoms with Crippen molar-refractivity contribution in [3.63, 3.8) is 0 Å². The van der Waals surface area contributed by atoms with Gasteiger partial charge in [-0.05, 0) is 48.7 Å². The van der Waals surface area contributed by atoms with Crippen molar-refractivity contribution < 1.29 is 27.5 Å². The highest BCUT2D eigenvalue weighted by Gasteiger charge is 2.21. The van der Waals surface area contributed by atoms with Crippen molar-refractivity contribution >= 4 is 38.9 Å². The molecule has 2 heterocycles. The van der Waals surface area contributed by atoms with Crippen molar-refractivity contribution in [2.45, 2.75) is 23.7 Å². The van der Waals surface area contributed by atoms with Gasteiger partial charge in [0.2, 0.25) is 5.91 Å². The van der Waals surface area contributed by atoms with Crippen molar-refractivity contribution in [3.8, 4) is 5.75 Å². The summed E-state index contributed by atoms with van der Waals surface area (Å²) in [5, 5.41) is 16.7. The Balaban J connectivity index is 1.66. The van der Waals surface area contributed by atoms with E-state index in [1.165, 1.54) is 37.5 Å². The predicted octanol–water partition coefficient (Wildman–Crippen LogP) is 2.28. The van der Waals surface area contributed by atoms with Crippen LogP contribution in [0.1, 0.15) is 23.0 Å². The SMILES string of the molecule is C[C@@H](NC(=O)c1cc(NS(=O)(=O)c2cccs2)ccc1O)C(=O)NCc1ccco1. The van der Waals surface area contributed by atoms with Crippen LogP contribution in [0, 0.1) is 0 Å². The number of hydrogen-bond acceptors (Lipinski definition) is 7. The van der Waals surface area contributed by atoms with Crippen LogP contribution in [-0.2, 0) is 21.4 Å². The van der Waals surface area contributed by atoms with Gasteiger partial charge in [-0.1, -0.05) is 6.07 Å². The fourth-order valence-corrected chi connectivity index (χ4v) is 4.53. The molecule has 0 unspecified atom stereocenters. The molecule has 1 atom stereocenters. The Hall–Kier alpha value is -3.31. The van der Waals surface area contributed by atoms with Crippen LogP contribution in [0.5, 0.6) is 5.75 Å². The van der Waals surface area contributed by atoms with Gasteiger partial charge in [-0.15, -0.1) is 11.3 Å². The maximum Gasteiger partial charge on any atom is 0.271 e. The first kappa shape index (κ1) is 21.4. The van der Waals surface area contributed by atoms with Crippen LogP contribution in [0.2, 0.25) is 0 Å². The van der Waals surface area contributed by atoms with Gasteiger partial charge in [-0.2, -0.15) is 0 Å². The molecule has 2 amide bonds. The Morgan fingerprint density at radius 3 is 2.67 bits per heavy atom. The highest BCUT2D eigenvalue weighted by molar-refractivity contribution is 7.94. The molecule has 11 heteroatoms. The standard InChI is InChI=1S/C19H19N3O6S2/c1-12(18(24)20-11-14-4-2-8-28-14)21-19(25)15-10-13(6-7-16(15)23)22-30(26,27)17-5-3-9-29-17/h2-10,12,22-23H,11H2,1H3,(H,20,24)(H,21,25)/t12-/m1/s1. The van der Waals surface area contributed by atoms with Crippen molar-refractivity contribution in [1.82, 2.24) is 10.6 Å². The molecule has 0 saturated heterocycles. The fourth-order valence-electron chi connectivity index (χ4n) is 2.48. The van der Waals surface area contributed by atoms with E-state index in [1.807, 2.05) is 0 Å². The molecule has 3 rings (SSSR count). The van der Waals surface area contributed by atoms with Gasteiger partial charge in [0.05, 0.1) is 18.4 Å². The van der Waals surface area contributed by atoms with E-state index in [9.17, 15) is 23.1 Å². The molecule has 0 aliphatic rings. The minimum atomic E-state index is -3.81. The molecule has 4 N–H and O–H groups in total. The van der Waals surface area contributed by atoms with Crippen LogP contribution in [0.15, 0.2) is 62.7 Å². The Morgan fingerprint density at radius 2 is 2.00 bits per heavy atom. The van der Waals surface area contributed by atoms with E-state index >= 15 is 0 Å². The number of aromatic hydroxyl groups is 1. The average molecular weight is 450 g/mol. The summed E-state index contributed by atoms with van der Waals surface area (Å²) in [7, 11) is -3.81. The number of carbonyl (C=O) groups excluding carboxylic acids is 2. The van der Waals surface area contributed by atoms with Gasteiger partial charge in [-0.3, -0.25) is 14.3 Å². The third kappa shape index (κ3) is 5.19. The number of benzene rings is 1. The quantitative estimate of drug-likeness (QED) is 0.389. The molecule has 0 aliphatic carbocycles. The van der Waals surface area contributed by atoms with Gasteiger partial charge >= 0.3 is 0 Å². The van der Waals surface area contributed by atoms with Crippen molar-refractivity contribution in [2.24, 2.45) is 0 Å². The van der Waals surface area contributed by atoms with Gasteiger partial charge in [0.25, 0.3) is 15.9 Å². The van der Waals surface area contributed by atoms with E-state index in [2.05, 4.69) is 15.4 Å². The molecule has 0 bridgehead atoms. The summed E-state index contributed by atoms with van der Waals surface area (Å²) in [6, 6.07) is 9.26. The van der Waals surface area contributed by atoms with E-state index in [1.54, 1.807) is 23.6 Å². The zero-order valence-electron chi connectivity index (χ0n) is 15.8. The van der Waals surface area contributed by atoms with Crippen LogP contribution in [0.25, 0.3) is 0 Å². The number of phenolic OH excluding ortho intramolecular Hbond substituents is 1. The molecule has 0 spiro atoms. The first-order valence-corrected chi connectivity index (χ1v) is 11.1. The van der Waals surface area contributed by atoms with E-state index in [0.717, 1.165) is 11.3 Å². The molecular formula is C19H19N3O6S2. The normalized spacial score (nSPS) is 12.2. The van der Waals surface area contributed by atoms with Crippen LogP contribution in [0.3, 0.4) is 0 Å². The minimum Gasteiger partial charge on any atom is -0.507 e. The summed E-state index contributed by atoms with van der Waals surface area (Å²) in [6.07, 6.45) is 1.48. The lowest BCUT2D eigenvalue weighted by Gasteiger charge is -2.15. The third-order valence-corrected chi connectivity index (χ3v) is 6.79. The van der Waals surface area contributed by atoms with Crippen LogP contribution < -0.4 is 15.4 Å². The van der Waals surface area contributed by atoms with Gasteiger partial charge < -0.3 is 20.2 Å². The monoisotopic (exact) mass is 449 g/mol. The summed E-state index contributed by atoms with van der Waals surface area (Å²) in [5.74, 6) is -0.973. The van der Waals surface area contributed by atoms with E-state index < -0.39 is 27.9 Å². The first-order valence-electron chi connectivity index (χ1n) is 8.76. The van der Waals surface area contributed by atoms with Gasteiger partial charge in [0.1, 0.15) is 21.8 Å². The smallest absolute Gasteiger partial charge is 0.271 e. The highest BCUT2D eigenvalue weighted by atomic mass is 32.2. The van der Waals surface area contributed by atoms with Crippen molar-refractivity contribution in [3.05, 3.63) is 65.4 Å². The summed E-state index contributed by atoms with van der Waals surface area (Å²) in [6.45, 7) is 1.65. The maximum absolute atomic E-state index is 12.5. The molecule has 0 radical (unpaired) electrons. The molecular weight excluding hydrogens is 430 g/mol. The van der Waals surface area contributed by atoms with Crippen LogP contribution in [0.4, 0.5) is 5.69 Å². The lowest BCUT2D eigenvalue weighted by molar-refractivity contribution is -0.122. The molecule has 3 aromatic rings. The van der Waals surface area contributed by atoms with E-state index in [-0.39, 0.29) is 27.8 Å². The fraction of sp³-hybridized carbons (Fsp3) is 0.158. The van der Waals surface area contributed by atoms with Crippen LogP contribution >= 0.6 is 11.3 Å². The zero-order chi connectivity index (χ0) is 21.7. The number of thiophene rings is 1. The number of phenols is 1. The maximum atomic E-state index is 12.5. The average Bonchev–Trinajstić information content (AvgIpc) is 3.41. The Labute approximate surface area is 176 Å². The summed E-state index contributed by atoms with van der Waals surface area (Å²) in [4.78, 5) is 24.7. The van der Waals surface area contributed by atoms with E-state index in [4.69, 9.17) is 4.42 Å². The Kier molecular flexibility index (Phi) is 6.43. The molecule has 9 nitrogen and oxygen atoms in total. The third-order valence-electron chi connectivity index (χ3n) is 4.01. The second kappa shape index (κ2) is 9.01. The number of sulfonamides is 1. The summed E-state index contributed by atoms with van der Waals surface area (Å²) >= 11 is 1.05. The van der Waals surface area contributed by atoms with Crippen LogP contribution in [-0.4, -0.2) is 31.4 Å². The minimum absolute atomic E-state index is 0.0984. The second-order valence-corrected chi connectivity index (χ2v) is 9.12. The molecule has 2 aromatic heterocycles. The van der Waals surface area contributed by atoms with Crippen molar-refractivity contribution in [1.29, 1.82) is 0 Å². The number of carbonyl (C=O) groups is 2. The zero-order valence-corrected chi connectivity index (χ0v) is 17.4. The number of furan rings is 1. The van der Waals surface area contributed by atoms with Gasteiger partial charge in [0.15, 0.2) is 0 Å². The molecule has 158 valence electrons. The lowest BCUT2D eigenvalue weighted by Crippen LogP contribution is -2.44. The number of anilines is 1. The molecule has 0 saturated carbocycles. The number of nitrogens with one attached hydrogen (secondary N) is 3. The number of rotatable bonds is 8. The van der Waals surface area contributed by atoms with Gasteiger partial charge in [0, 0.05) is 5.69 Å². The number of hydrogen-bond donors (Lipinski definition) is 4. The second-order valence-electron chi connectivity index (χ2n) is 6.26. The summed E-state index contributed by atoms with van der Waals surface area (Å²) < 4.78 is 32.3. The molecule has 0 aliphatic heterocycles. The first-order chi connectivity index (χ1) is 14.3. The lowest BCUT2D eigenvalue weighted by atomic mass is 10.1. The predicted molar refractivity (Wildman–Crippen MR) is 111 cm³/mol. The molecule has 1 aromatic carbocycles. The topological polar surface area (TPSA) is 138 Å². The molecule has 30 heavy (non-hydrogen) atoms. The van der Waals surface area contributed by atoms with Gasteiger partial charge in [-0.25, -0.2) is 8.42 Å². The Bertz CT molecular complexity index is 1130. The Morgan fingerprint density at radius 1 is 1.20 bits per heavy atom. The number of amides is 2. The molecule has 0 fully saturated rings. The summed E-state index contributed by atoms with van der Waals surface area (Å²) in [5.41, 5.74) is -0.0756.